The summed E-state index contributed by atoms with van der Waals surface area (Å²) in [5.41, 5.74) is 0. The van der Waals surface area contributed by atoms with Crippen molar-refractivity contribution >= 4 is 11.8 Å². The minimum absolute atomic E-state index is 0.0789. The third kappa shape index (κ3) is 13.1. The molecule has 0 radical (unpaired) electrons. The molecule has 1 atom stereocenters. The Labute approximate surface area is 186 Å². The van der Waals surface area contributed by atoms with E-state index in [9.17, 15) is 9.59 Å². The molecule has 0 N–H and O–H groups in total. The van der Waals surface area contributed by atoms with Crippen LogP contribution in [0.2, 0.25) is 0 Å². The normalized spacial score (nSPS) is 17.0. The first-order valence-electron chi connectivity index (χ1n) is 11.3. The molecule has 9 heteroatoms. The molecule has 0 bridgehead atoms. The van der Waals surface area contributed by atoms with Gasteiger partial charge in [0.1, 0.15) is 0 Å². The van der Waals surface area contributed by atoms with Gasteiger partial charge < -0.3 is 28.4 Å². The number of carbonyl (C=O) groups is 2. The van der Waals surface area contributed by atoms with Gasteiger partial charge in [-0.05, 0) is 19.8 Å². The maximum Gasteiger partial charge on any atom is 0.233 e. The Kier molecular flexibility index (Phi) is 15.7. The highest BCUT2D eigenvalue weighted by Crippen LogP contribution is 2.25. The predicted molar refractivity (Wildman–Crippen MR) is 115 cm³/mol. The monoisotopic (exact) mass is 447 g/mol. The average molecular weight is 448 g/mol. The number of amides is 2. The van der Waals surface area contributed by atoms with E-state index in [0.29, 0.717) is 85.6 Å². The van der Waals surface area contributed by atoms with Gasteiger partial charge in [-0.15, -0.1) is 0 Å². The second-order valence-electron chi connectivity index (χ2n) is 7.92. The molecule has 1 fully saturated rings. The first-order chi connectivity index (χ1) is 14.9. The Morgan fingerprint density at radius 1 is 0.710 bits per heavy atom. The number of carbonyl (C=O) groups excluding carboxylic acids is 2. The van der Waals surface area contributed by atoms with Crippen LogP contribution in [-0.4, -0.2) is 102 Å². The number of ether oxygens (including phenoxy) is 6. The summed E-state index contributed by atoms with van der Waals surface area (Å²) >= 11 is 0. The van der Waals surface area contributed by atoms with E-state index in [4.69, 9.17) is 28.4 Å². The van der Waals surface area contributed by atoms with E-state index in [0.717, 1.165) is 0 Å². The first kappa shape index (κ1) is 27.9. The molecule has 1 heterocycles. The van der Waals surface area contributed by atoms with Gasteiger partial charge in [-0.25, -0.2) is 0 Å². The molecule has 1 aliphatic heterocycles. The van der Waals surface area contributed by atoms with Gasteiger partial charge in [-0.3, -0.25) is 14.5 Å². The second kappa shape index (κ2) is 17.5. The van der Waals surface area contributed by atoms with Crippen LogP contribution >= 0.6 is 0 Å². The molecule has 1 rings (SSSR count). The van der Waals surface area contributed by atoms with E-state index in [2.05, 4.69) is 0 Å². The van der Waals surface area contributed by atoms with Crippen LogP contribution in [0.1, 0.15) is 34.1 Å². The number of hydrogen-bond acceptors (Lipinski definition) is 8. The third-order valence-corrected chi connectivity index (χ3v) is 4.71. The van der Waals surface area contributed by atoms with Crippen LogP contribution in [-0.2, 0) is 38.0 Å². The van der Waals surface area contributed by atoms with Crippen LogP contribution in [0.25, 0.3) is 0 Å². The molecular formula is C22H41NO8. The molecule has 2 amide bonds. The van der Waals surface area contributed by atoms with E-state index in [1.807, 2.05) is 27.7 Å². The minimum atomic E-state index is -0.191. The molecule has 0 aromatic rings. The molecule has 0 aliphatic carbocycles. The number of rotatable bonds is 20. The molecule has 1 aliphatic rings. The van der Waals surface area contributed by atoms with Crippen molar-refractivity contribution in [2.75, 3.05) is 79.2 Å². The fraction of sp³-hybridized carbons (Fsp3) is 0.909. The number of likely N-dealkylation sites (tertiary alicyclic amines) is 1. The van der Waals surface area contributed by atoms with Gasteiger partial charge >= 0.3 is 0 Å². The molecule has 9 nitrogen and oxygen atoms in total. The summed E-state index contributed by atoms with van der Waals surface area (Å²) < 4.78 is 32.5. The van der Waals surface area contributed by atoms with Crippen LogP contribution in [0.15, 0.2) is 0 Å². The van der Waals surface area contributed by atoms with Crippen molar-refractivity contribution in [2.45, 2.75) is 40.2 Å². The van der Waals surface area contributed by atoms with E-state index >= 15 is 0 Å². The maximum absolute atomic E-state index is 12.2. The smallest absolute Gasteiger partial charge is 0.233 e. The molecular weight excluding hydrogens is 406 g/mol. The summed E-state index contributed by atoms with van der Waals surface area (Å²) in [4.78, 5) is 25.4. The highest BCUT2D eigenvalue weighted by atomic mass is 16.6. The number of hydrogen-bond donors (Lipinski definition) is 0. The number of imide groups is 1. The van der Waals surface area contributed by atoms with Crippen molar-refractivity contribution in [3.8, 4) is 0 Å². The summed E-state index contributed by atoms with van der Waals surface area (Å²) in [6.45, 7) is 13.6. The fourth-order valence-corrected chi connectivity index (χ4v) is 2.94. The van der Waals surface area contributed by atoms with Crippen LogP contribution in [0, 0.1) is 11.8 Å². The lowest BCUT2D eigenvalue weighted by Crippen LogP contribution is -2.34. The standard InChI is InChI=1S/C22H41NO8/c1-18(2)20-17-21(24)23(22(20)25)5-6-26-7-8-27-9-10-28-11-12-29-13-14-30-15-16-31-19(3)4/h18-20H,5-17H2,1-4H3. The lowest BCUT2D eigenvalue weighted by atomic mass is 9.94. The van der Waals surface area contributed by atoms with Crippen LogP contribution < -0.4 is 0 Å². The average Bonchev–Trinajstić information content (AvgIpc) is 3.01. The van der Waals surface area contributed by atoms with Gasteiger partial charge in [0.25, 0.3) is 0 Å². The van der Waals surface area contributed by atoms with E-state index < -0.39 is 0 Å². The molecule has 0 spiro atoms. The molecule has 1 unspecified atom stereocenters. The molecule has 182 valence electrons. The Bertz CT molecular complexity index is 486. The van der Waals surface area contributed by atoms with Crippen molar-refractivity contribution in [2.24, 2.45) is 11.8 Å². The lowest BCUT2D eigenvalue weighted by molar-refractivity contribution is -0.140. The van der Waals surface area contributed by atoms with Gasteiger partial charge in [-0.2, -0.15) is 0 Å². The molecule has 31 heavy (non-hydrogen) atoms. The van der Waals surface area contributed by atoms with Crippen molar-refractivity contribution in [3.63, 3.8) is 0 Å². The van der Waals surface area contributed by atoms with E-state index in [1.54, 1.807) is 0 Å². The van der Waals surface area contributed by atoms with Crippen molar-refractivity contribution < 1.29 is 38.0 Å². The van der Waals surface area contributed by atoms with Crippen LogP contribution in [0.5, 0.6) is 0 Å². The zero-order valence-corrected chi connectivity index (χ0v) is 19.6. The molecule has 0 aromatic heterocycles. The zero-order valence-electron chi connectivity index (χ0n) is 19.6. The quantitative estimate of drug-likeness (QED) is 0.205. The minimum Gasteiger partial charge on any atom is -0.377 e. The van der Waals surface area contributed by atoms with E-state index in [-0.39, 0.29) is 29.8 Å². The van der Waals surface area contributed by atoms with Gasteiger partial charge in [0.05, 0.1) is 85.3 Å². The Morgan fingerprint density at radius 3 is 1.52 bits per heavy atom. The largest absolute Gasteiger partial charge is 0.377 e. The fourth-order valence-electron chi connectivity index (χ4n) is 2.94. The third-order valence-electron chi connectivity index (χ3n) is 4.71. The summed E-state index contributed by atoms with van der Waals surface area (Å²) in [6, 6.07) is 0. The Balaban J connectivity index is 1.80. The highest BCUT2D eigenvalue weighted by Gasteiger charge is 2.39. The zero-order chi connectivity index (χ0) is 22.9. The SMILES string of the molecule is CC(C)OCCOCCOCCOCCOCCOCCN1C(=O)CC(C(C)C)C1=O. The van der Waals surface area contributed by atoms with Gasteiger partial charge in [0, 0.05) is 12.3 Å². The summed E-state index contributed by atoms with van der Waals surface area (Å²) in [7, 11) is 0. The van der Waals surface area contributed by atoms with Gasteiger partial charge in [0.2, 0.25) is 11.8 Å². The van der Waals surface area contributed by atoms with Crippen LogP contribution in [0.3, 0.4) is 0 Å². The summed E-state index contributed by atoms with van der Waals surface area (Å²) in [5, 5.41) is 0. The summed E-state index contributed by atoms with van der Waals surface area (Å²) in [6.07, 6.45) is 0.539. The molecule has 1 saturated heterocycles. The Hall–Kier alpha value is -1.10. The first-order valence-corrected chi connectivity index (χ1v) is 11.3. The topological polar surface area (TPSA) is 92.8 Å². The maximum atomic E-state index is 12.2. The summed E-state index contributed by atoms with van der Waals surface area (Å²) in [5.74, 6) is -0.194. The van der Waals surface area contributed by atoms with Crippen molar-refractivity contribution in [1.29, 1.82) is 0 Å². The van der Waals surface area contributed by atoms with Crippen molar-refractivity contribution in [3.05, 3.63) is 0 Å². The second-order valence-corrected chi connectivity index (χ2v) is 7.92. The molecule has 0 aromatic carbocycles. The lowest BCUT2D eigenvalue weighted by Gasteiger charge is -2.16. The Morgan fingerprint density at radius 2 is 1.13 bits per heavy atom. The van der Waals surface area contributed by atoms with Crippen LogP contribution in [0.4, 0.5) is 0 Å². The number of nitrogens with zero attached hydrogens (tertiary/aromatic N) is 1. The van der Waals surface area contributed by atoms with E-state index in [1.165, 1.54) is 4.90 Å². The highest BCUT2D eigenvalue weighted by molar-refractivity contribution is 6.03. The van der Waals surface area contributed by atoms with Crippen molar-refractivity contribution in [1.82, 2.24) is 4.90 Å². The molecule has 0 saturated carbocycles. The van der Waals surface area contributed by atoms with Gasteiger partial charge in [0.15, 0.2) is 0 Å². The predicted octanol–water partition coefficient (Wildman–Crippen LogP) is 1.53. The van der Waals surface area contributed by atoms with Gasteiger partial charge in [-0.1, -0.05) is 13.8 Å².